The number of imidazole rings is 1. The Kier molecular flexibility index (Phi) is 5.81. The highest BCUT2D eigenvalue weighted by molar-refractivity contribution is 7.99. The van der Waals surface area contributed by atoms with Crippen LogP contribution in [-0.2, 0) is 11.3 Å². The zero-order chi connectivity index (χ0) is 20.1. The van der Waals surface area contributed by atoms with E-state index < -0.39 is 0 Å². The van der Waals surface area contributed by atoms with Crippen molar-refractivity contribution in [3.8, 4) is 16.9 Å². The first-order valence-electron chi connectivity index (χ1n) is 9.30. The number of carbonyl (C=O) groups excluding carboxylic acids is 1. The van der Waals surface area contributed by atoms with E-state index in [1.54, 1.807) is 18.2 Å². The summed E-state index contributed by atoms with van der Waals surface area (Å²) in [5, 5.41) is 0.787. The molecule has 0 bridgehead atoms. The van der Waals surface area contributed by atoms with E-state index in [-0.39, 0.29) is 5.91 Å². The highest BCUT2D eigenvalue weighted by atomic mass is 32.2. The van der Waals surface area contributed by atoms with Gasteiger partial charge in [0, 0.05) is 18.3 Å². The van der Waals surface area contributed by atoms with Crippen molar-refractivity contribution in [3.63, 3.8) is 0 Å². The first-order chi connectivity index (χ1) is 14.2. The SMILES string of the molecule is CN(Cc1ccco1)C(=O)CSc1ncc(-c2ccccc2)n1-c1ccccc1. The van der Waals surface area contributed by atoms with Gasteiger partial charge in [0.05, 0.1) is 30.5 Å². The Bertz CT molecular complexity index is 1060. The molecule has 29 heavy (non-hydrogen) atoms. The fraction of sp³-hybridized carbons (Fsp3) is 0.130. The number of carbonyl (C=O) groups is 1. The van der Waals surface area contributed by atoms with Crippen LogP contribution in [0.15, 0.2) is 94.8 Å². The summed E-state index contributed by atoms with van der Waals surface area (Å²) in [6.45, 7) is 0.453. The molecule has 2 heterocycles. The third-order valence-corrected chi connectivity index (χ3v) is 5.47. The van der Waals surface area contributed by atoms with Crippen molar-refractivity contribution < 1.29 is 9.21 Å². The van der Waals surface area contributed by atoms with Gasteiger partial charge in [-0.25, -0.2) is 4.98 Å². The van der Waals surface area contributed by atoms with Gasteiger partial charge in [0.2, 0.25) is 5.91 Å². The minimum absolute atomic E-state index is 0.0234. The zero-order valence-corrected chi connectivity index (χ0v) is 16.9. The van der Waals surface area contributed by atoms with Gasteiger partial charge in [-0.2, -0.15) is 0 Å². The molecule has 0 aliphatic rings. The number of amides is 1. The summed E-state index contributed by atoms with van der Waals surface area (Å²) in [5.41, 5.74) is 3.09. The first-order valence-corrected chi connectivity index (χ1v) is 10.3. The van der Waals surface area contributed by atoms with Gasteiger partial charge in [-0.15, -0.1) is 0 Å². The number of aromatic nitrogens is 2. The molecule has 0 spiro atoms. The molecule has 0 fully saturated rings. The van der Waals surface area contributed by atoms with Crippen LogP contribution in [0.25, 0.3) is 16.9 Å². The van der Waals surface area contributed by atoms with Crippen LogP contribution in [0, 0.1) is 0 Å². The van der Waals surface area contributed by atoms with Crippen LogP contribution in [0.5, 0.6) is 0 Å². The van der Waals surface area contributed by atoms with E-state index in [9.17, 15) is 4.79 Å². The molecule has 6 heteroatoms. The molecule has 0 unspecified atom stereocenters. The monoisotopic (exact) mass is 403 g/mol. The lowest BCUT2D eigenvalue weighted by molar-refractivity contribution is -0.127. The van der Waals surface area contributed by atoms with Crippen molar-refractivity contribution >= 4 is 17.7 Å². The Morgan fingerprint density at radius 3 is 2.45 bits per heavy atom. The number of thioether (sulfide) groups is 1. The largest absolute Gasteiger partial charge is 0.467 e. The average Bonchev–Trinajstić information content (AvgIpc) is 3.43. The molecule has 5 nitrogen and oxygen atoms in total. The lowest BCUT2D eigenvalue weighted by atomic mass is 10.1. The first kappa shape index (κ1) is 19.1. The van der Waals surface area contributed by atoms with Crippen LogP contribution in [0.3, 0.4) is 0 Å². The molecule has 0 radical (unpaired) electrons. The molecular formula is C23H21N3O2S. The van der Waals surface area contributed by atoms with E-state index in [1.165, 1.54) is 11.8 Å². The lowest BCUT2D eigenvalue weighted by Crippen LogP contribution is -2.27. The van der Waals surface area contributed by atoms with E-state index in [1.807, 2.05) is 66.9 Å². The van der Waals surface area contributed by atoms with Gasteiger partial charge in [0.15, 0.2) is 5.16 Å². The molecule has 146 valence electrons. The van der Waals surface area contributed by atoms with Crippen molar-refractivity contribution in [2.45, 2.75) is 11.7 Å². The predicted octanol–water partition coefficient (Wildman–Crippen LogP) is 4.88. The van der Waals surface area contributed by atoms with Crippen molar-refractivity contribution in [2.24, 2.45) is 0 Å². The van der Waals surface area contributed by atoms with E-state index in [4.69, 9.17) is 4.42 Å². The van der Waals surface area contributed by atoms with E-state index in [0.717, 1.165) is 27.9 Å². The number of furan rings is 1. The Morgan fingerprint density at radius 1 is 1.03 bits per heavy atom. The van der Waals surface area contributed by atoms with Crippen LogP contribution < -0.4 is 0 Å². The predicted molar refractivity (Wildman–Crippen MR) is 115 cm³/mol. The summed E-state index contributed by atoms with van der Waals surface area (Å²) in [6.07, 6.45) is 3.48. The van der Waals surface area contributed by atoms with Crippen molar-refractivity contribution in [1.29, 1.82) is 0 Å². The molecule has 0 N–H and O–H groups in total. The fourth-order valence-corrected chi connectivity index (χ4v) is 3.97. The van der Waals surface area contributed by atoms with Crippen molar-refractivity contribution in [2.75, 3.05) is 12.8 Å². The number of hydrogen-bond acceptors (Lipinski definition) is 4. The highest BCUT2D eigenvalue weighted by Gasteiger charge is 2.17. The van der Waals surface area contributed by atoms with Crippen molar-refractivity contribution in [3.05, 3.63) is 91.0 Å². The van der Waals surface area contributed by atoms with Gasteiger partial charge in [0.25, 0.3) is 0 Å². The van der Waals surface area contributed by atoms with Crippen LogP contribution in [-0.4, -0.2) is 33.2 Å². The number of nitrogens with zero attached hydrogens (tertiary/aromatic N) is 3. The Morgan fingerprint density at radius 2 is 1.76 bits per heavy atom. The number of rotatable bonds is 7. The summed E-state index contributed by atoms with van der Waals surface area (Å²) in [4.78, 5) is 18.9. The standard InChI is InChI=1S/C23H21N3O2S/c1-25(16-20-13-8-14-28-20)22(27)17-29-23-24-15-21(18-9-4-2-5-10-18)26(23)19-11-6-3-7-12-19/h2-15H,16-17H2,1H3. The summed E-state index contributed by atoms with van der Waals surface area (Å²) in [7, 11) is 1.78. The summed E-state index contributed by atoms with van der Waals surface area (Å²) < 4.78 is 7.43. The smallest absolute Gasteiger partial charge is 0.233 e. The van der Waals surface area contributed by atoms with Gasteiger partial charge < -0.3 is 9.32 Å². The van der Waals surface area contributed by atoms with Gasteiger partial charge in [0.1, 0.15) is 5.76 Å². The Balaban J connectivity index is 1.56. The third kappa shape index (κ3) is 4.43. The van der Waals surface area contributed by atoms with Gasteiger partial charge in [-0.05, 0) is 24.3 Å². The second kappa shape index (κ2) is 8.84. The Labute approximate surface area is 174 Å². The maximum atomic E-state index is 12.6. The minimum atomic E-state index is 0.0234. The molecule has 0 aliphatic carbocycles. The third-order valence-electron chi connectivity index (χ3n) is 4.54. The van der Waals surface area contributed by atoms with Gasteiger partial charge in [-0.1, -0.05) is 60.3 Å². The molecule has 1 amide bonds. The molecule has 4 aromatic rings. The Hall–Kier alpha value is -3.25. The molecule has 4 rings (SSSR count). The van der Waals surface area contributed by atoms with Crippen LogP contribution in [0.4, 0.5) is 0 Å². The number of hydrogen-bond donors (Lipinski definition) is 0. The second-order valence-electron chi connectivity index (χ2n) is 6.58. The zero-order valence-electron chi connectivity index (χ0n) is 16.1. The molecule has 2 aromatic carbocycles. The second-order valence-corrected chi connectivity index (χ2v) is 7.52. The summed E-state index contributed by atoms with van der Waals surface area (Å²) >= 11 is 1.44. The van der Waals surface area contributed by atoms with Gasteiger partial charge >= 0.3 is 0 Å². The molecule has 0 atom stereocenters. The van der Waals surface area contributed by atoms with Gasteiger partial charge in [-0.3, -0.25) is 9.36 Å². The molecule has 0 aliphatic heterocycles. The normalized spacial score (nSPS) is 10.8. The van der Waals surface area contributed by atoms with E-state index in [2.05, 4.69) is 21.7 Å². The summed E-state index contributed by atoms with van der Waals surface area (Å²) in [5.74, 6) is 1.09. The van der Waals surface area contributed by atoms with Crippen LogP contribution in [0.2, 0.25) is 0 Å². The molecule has 0 saturated carbocycles. The lowest BCUT2D eigenvalue weighted by Gasteiger charge is -2.16. The molecular weight excluding hydrogens is 382 g/mol. The number of benzene rings is 2. The quantitative estimate of drug-likeness (QED) is 0.413. The average molecular weight is 404 g/mol. The maximum absolute atomic E-state index is 12.6. The number of para-hydroxylation sites is 1. The van der Waals surface area contributed by atoms with E-state index >= 15 is 0 Å². The van der Waals surface area contributed by atoms with E-state index in [0.29, 0.717) is 12.3 Å². The van der Waals surface area contributed by atoms with Crippen LogP contribution in [0.1, 0.15) is 5.76 Å². The minimum Gasteiger partial charge on any atom is -0.467 e. The fourth-order valence-electron chi connectivity index (χ4n) is 3.04. The maximum Gasteiger partial charge on any atom is 0.233 e. The van der Waals surface area contributed by atoms with Crippen LogP contribution >= 0.6 is 11.8 Å². The summed E-state index contributed by atoms with van der Waals surface area (Å²) in [6, 6.07) is 23.9. The highest BCUT2D eigenvalue weighted by Crippen LogP contribution is 2.29. The topological polar surface area (TPSA) is 51.3 Å². The molecule has 0 saturated heterocycles. The molecule has 2 aromatic heterocycles. The van der Waals surface area contributed by atoms with Crippen molar-refractivity contribution in [1.82, 2.24) is 14.5 Å².